The highest BCUT2D eigenvalue weighted by atomic mass is 16.6. The van der Waals surface area contributed by atoms with E-state index in [9.17, 15) is 4.79 Å². The van der Waals surface area contributed by atoms with Crippen molar-refractivity contribution in [1.29, 1.82) is 0 Å². The summed E-state index contributed by atoms with van der Waals surface area (Å²) in [6, 6.07) is 11.8. The van der Waals surface area contributed by atoms with E-state index in [1.165, 1.54) is 0 Å². The predicted molar refractivity (Wildman–Crippen MR) is 106 cm³/mol. The van der Waals surface area contributed by atoms with Crippen molar-refractivity contribution in [3.05, 3.63) is 47.5 Å². The summed E-state index contributed by atoms with van der Waals surface area (Å²) in [6.07, 6.45) is 0.788. The van der Waals surface area contributed by atoms with E-state index in [0.717, 1.165) is 66.7 Å². The highest BCUT2D eigenvalue weighted by molar-refractivity contribution is 6.04. The molecule has 0 radical (unpaired) electrons. The Morgan fingerprint density at radius 3 is 2.68 bits per heavy atom. The first kappa shape index (κ1) is 17.4. The Labute approximate surface area is 164 Å². The smallest absolute Gasteiger partial charge is 0.184 e. The van der Waals surface area contributed by atoms with Crippen molar-refractivity contribution < 1.29 is 19.0 Å². The van der Waals surface area contributed by atoms with Gasteiger partial charge in [-0.3, -0.25) is 9.69 Å². The third kappa shape index (κ3) is 2.88. The second kappa shape index (κ2) is 7.02. The Hall–Kier alpha value is -2.73. The molecule has 2 aliphatic heterocycles. The number of nitrogens with zero attached hydrogens (tertiary/aromatic N) is 2. The van der Waals surface area contributed by atoms with E-state index >= 15 is 0 Å². The molecule has 0 aromatic heterocycles. The minimum atomic E-state index is -0.0615. The molecule has 0 N–H and O–H groups in total. The number of benzene rings is 2. The molecule has 2 heterocycles. The molecule has 1 atom stereocenters. The van der Waals surface area contributed by atoms with Crippen LogP contribution in [0.1, 0.15) is 15.9 Å². The standard InChI is InChI=1S/C22H24N2O4/c1-26-16-6-5-15-13-19(21(25)17(15)14-16)24-9-7-23(8-10-24)18-3-2-4-20-22(18)28-12-11-27-20/h2-6,14,19H,7-13H2,1H3. The number of fused-ring (bicyclic) bond motifs is 2. The van der Waals surface area contributed by atoms with E-state index in [4.69, 9.17) is 14.2 Å². The Morgan fingerprint density at radius 2 is 1.86 bits per heavy atom. The van der Waals surface area contributed by atoms with E-state index < -0.39 is 0 Å². The second-order valence-corrected chi connectivity index (χ2v) is 7.43. The first-order chi connectivity index (χ1) is 13.7. The summed E-state index contributed by atoms with van der Waals surface area (Å²) < 4.78 is 16.9. The third-order valence-electron chi connectivity index (χ3n) is 5.94. The SMILES string of the molecule is COc1ccc2c(c1)C(=O)C(N1CCN(c3cccc4c3OCCO4)CC1)C2. The van der Waals surface area contributed by atoms with Crippen LogP contribution < -0.4 is 19.1 Å². The van der Waals surface area contributed by atoms with Crippen LogP contribution in [0.3, 0.4) is 0 Å². The molecule has 0 saturated carbocycles. The lowest BCUT2D eigenvalue weighted by molar-refractivity contribution is 0.0833. The summed E-state index contributed by atoms with van der Waals surface area (Å²) in [7, 11) is 1.63. The molecule has 5 rings (SSSR count). The predicted octanol–water partition coefficient (Wildman–Crippen LogP) is 2.40. The van der Waals surface area contributed by atoms with Crippen molar-refractivity contribution in [2.75, 3.05) is 51.4 Å². The van der Waals surface area contributed by atoms with Crippen LogP contribution in [0, 0.1) is 0 Å². The normalized spacial score (nSPS) is 21.5. The molecule has 28 heavy (non-hydrogen) atoms. The minimum absolute atomic E-state index is 0.0615. The van der Waals surface area contributed by atoms with Crippen LogP contribution in [0.4, 0.5) is 5.69 Å². The number of ketones is 1. The lowest BCUT2D eigenvalue weighted by Crippen LogP contribution is -2.52. The van der Waals surface area contributed by atoms with Crippen LogP contribution in [0.15, 0.2) is 36.4 Å². The molecule has 6 nitrogen and oxygen atoms in total. The van der Waals surface area contributed by atoms with Gasteiger partial charge < -0.3 is 19.1 Å². The van der Waals surface area contributed by atoms with Crippen LogP contribution in [-0.2, 0) is 6.42 Å². The molecule has 1 unspecified atom stereocenters. The molecular formula is C22H24N2O4. The van der Waals surface area contributed by atoms with Crippen molar-refractivity contribution in [2.24, 2.45) is 0 Å². The number of para-hydroxylation sites is 1. The molecule has 3 aliphatic rings. The van der Waals surface area contributed by atoms with Crippen molar-refractivity contribution in [2.45, 2.75) is 12.5 Å². The number of rotatable bonds is 3. The highest BCUT2D eigenvalue weighted by Crippen LogP contribution is 2.40. The van der Waals surface area contributed by atoms with Gasteiger partial charge >= 0.3 is 0 Å². The van der Waals surface area contributed by atoms with Crippen LogP contribution >= 0.6 is 0 Å². The van der Waals surface area contributed by atoms with Gasteiger partial charge in [-0.2, -0.15) is 0 Å². The van der Waals surface area contributed by atoms with Gasteiger partial charge in [0, 0.05) is 31.7 Å². The Balaban J connectivity index is 1.29. The van der Waals surface area contributed by atoms with E-state index in [-0.39, 0.29) is 11.8 Å². The maximum Gasteiger partial charge on any atom is 0.184 e. The Morgan fingerprint density at radius 1 is 1.04 bits per heavy atom. The van der Waals surface area contributed by atoms with Crippen LogP contribution in [0.2, 0.25) is 0 Å². The van der Waals surface area contributed by atoms with E-state index in [1.54, 1.807) is 7.11 Å². The fourth-order valence-electron chi connectivity index (χ4n) is 4.45. The summed E-state index contributed by atoms with van der Waals surface area (Å²) in [4.78, 5) is 17.6. The zero-order valence-electron chi connectivity index (χ0n) is 16.0. The average Bonchev–Trinajstić information content (AvgIpc) is 3.09. The molecule has 0 bridgehead atoms. The highest BCUT2D eigenvalue weighted by Gasteiger charge is 2.36. The number of Topliss-reactive ketones (excluding diaryl/α,β-unsaturated/α-hetero) is 1. The van der Waals surface area contributed by atoms with Crippen molar-refractivity contribution in [3.63, 3.8) is 0 Å². The van der Waals surface area contributed by atoms with E-state index in [2.05, 4.69) is 15.9 Å². The van der Waals surface area contributed by atoms with Gasteiger partial charge in [0.2, 0.25) is 0 Å². The zero-order chi connectivity index (χ0) is 19.1. The molecule has 1 aliphatic carbocycles. The van der Waals surface area contributed by atoms with Gasteiger partial charge in [-0.25, -0.2) is 0 Å². The zero-order valence-corrected chi connectivity index (χ0v) is 16.0. The summed E-state index contributed by atoms with van der Waals surface area (Å²) in [5.74, 6) is 2.63. The van der Waals surface area contributed by atoms with Gasteiger partial charge in [0.25, 0.3) is 0 Å². The first-order valence-corrected chi connectivity index (χ1v) is 9.83. The fraction of sp³-hybridized carbons (Fsp3) is 0.409. The molecule has 146 valence electrons. The summed E-state index contributed by atoms with van der Waals surface area (Å²) in [6.45, 7) is 4.62. The maximum absolute atomic E-state index is 13.0. The van der Waals surface area contributed by atoms with E-state index in [1.807, 2.05) is 30.3 Å². The first-order valence-electron chi connectivity index (χ1n) is 9.83. The molecule has 1 saturated heterocycles. The third-order valence-corrected chi connectivity index (χ3v) is 5.94. The van der Waals surface area contributed by atoms with Gasteiger partial charge in [-0.05, 0) is 36.2 Å². The van der Waals surface area contributed by atoms with Crippen molar-refractivity contribution in [1.82, 2.24) is 4.90 Å². The van der Waals surface area contributed by atoms with Crippen molar-refractivity contribution in [3.8, 4) is 17.2 Å². The minimum Gasteiger partial charge on any atom is -0.497 e. The number of ether oxygens (including phenoxy) is 3. The quantitative estimate of drug-likeness (QED) is 0.815. The number of anilines is 1. The second-order valence-electron chi connectivity index (χ2n) is 7.43. The number of methoxy groups -OCH3 is 1. The van der Waals surface area contributed by atoms with Gasteiger partial charge in [-0.15, -0.1) is 0 Å². The van der Waals surface area contributed by atoms with Crippen LogP contribution in [-0.4, -0.2) is 63.2 Å². The van der Waals surface area contributed by atoms with Crippen LogP contribution in [0.5, 0.6) is 17.2 Å². The van der Waals surface area contributed by atoms with Crippen molar-refractivity contribution >= 4 is 11.5 Å². The fourth-order valence-corrected chi connectivity index (χ4v) is 4.45. The van der Waals surface area contributed by atoms with Crippen LogP contribution in [0.25, 0.3) is 0 Å². The molecular weight excluding hydrogens is 356 g/mol. The largest absolute Gasteiger partial charge is 0.497 e. The topological polar surface area (TPSA) is 51.2 Å². The van der Waals surface area contributed by atoms with E-state index in [0.29, 0.717) is 13.2 Å². The number of piperazine rings is 1. The molecule has 6 heteroatoms. The number of carbonyl (C=O) groups excluding carboxylic acids is 1. The summed E-state index contributed by atoms with van der Waals surface area (Å²) in [5, 5.41) is 0. The lowest BCUT2D eigenvalue weighted by Gasteiger charge is -2.39. The van der Waals surface area contributed by atoms with Gasteiger partial charge in [0.1, 0.15) is 19.0 Å². The molecule has 1 fully saturated rings. The average molecular weight is 380 g/mol. The summed E-state index contributed by atoms with van der Waals surface area (Å²) in [5.41, 5.74) is 3.03. The van der Waals surface area contributed by atoms with Gasteiger partial charge in [-0.1, -0.05) is 12.1 Å². The molecule has 2 aromatic carbocycles. The number of hydrogen-bond donors (Lipinski definition) is 0. The monoisotopic (exact) mass is 380 g/mol. The van der Waals surface area contributed by atoms with Gasteiger partial charge in [0.15, 0.2) is 17.3 Å². The lowest BCUT2D eigenvalue weighted by atomic mass is 10.1. The molecule has 2 aromatic rings. The number of carbonyl (C=O) groups is 1. The number of hydrogen-bond acceptors (Lipinski definition) is 6. The molecule has 0 spiro atoms. The summed E-state index contributed by atoms with van der Waals surface area (Å²) >= 11 is 0. The van der Waals surface area contributed by atoms with Gasteiger partial charge in [0.05, 0.1) is 18.8 Å². The maximum atomic E-state index is 13.0. The molecule has 0 amide bonds. The Kier molecular flexibility index (Phi) is 4.36. The Bertz CT molecular complexity index is 905.